The van der Waals surface area contributed by atoms with Crippen LogP contribution < -0.4 is 5.32 Å². The number of nitrogens with zero attached hydrogens (tertiary/aromatic N) is 1. The average Bonchev–Trinajstić information content (AvgIpc) is 2.82. The van der Waals surface area contributed by atoms with Crippen molar-refractivity contribution in [1.29, 1.82) is 0 Å². The summed E-state index contributed by atoms with van der Waals surface area (Å²) in [6, 6.07) is 5.96. The lowest BCUT2D eigenvalue weighted by Gasteiger charge is -2.10. The van der Waals surface area contributed by atoms with E-state index in [1.54, 1.807) is 0 Å². The van der Waals surface area contributed by atoms with Crippen LogP contribution in [-0.4, -0.2) is 15.9 Å². The Labute approximate surface area is 119 Å². The predicted molar refractivity (Wildman–Crippen MR) is 81.4 cm³/mol. The minimum atomic E-state index is -0.120. The first-order valence-corrected chi connectivity index (χ1v) is 7.00. The zero-order valence-corrected chi connectivity index (χ0v) is 12.2. The first kappa shape index (κ1) is 14.3. The standard InChI is InChI=1S/C16H21N3O/c1-4-5-6-7-15(20)17-12(3)16-18-13-9-8-11(2)10-14(13)19-16/h5-6,8-10,12H,4,7H2,1-3H3,(H,17,20)(H,18,19)/b6-5+. The number of aromatic nitrogens is 2. The highest BCUT2D eigenvalue weighted by molar-refractivity contribution is 5.78. The molecule has 1 aromatic heterocycles. The fourth-order valence-corrected chi connectivity index (χ4v) is 2.07. The number of amides is 1. The maximum atomic E-state index is 11.8. The molecule has 20 heavy (non-hydrogen) atoms. The number of carbonyl (C=O) groups excluding carboxylic acids is 1. The number of nitrogens with one attached hydrogen (secondary N) is 2. The minimum absolute atomic E-state index is 0.0128. The van der Waals surface area contributed by atoms with Crippen LogP contribution in [0.25, 0.3) is 11.0 Å². The molecular formula is C16H21N3O. The molecule has 2 rings (SSSR count). The zero-order chi connectivity index (χ0) is 14.5. The molecule has 4 heteroatoms. The van der Waals surface area contributed by atoms with E-state index in [4.69, 9.17) is 0 Å². The van der Waals surface area contributed by atoms with Gasteiger partial charge in [0.1, 0.15) is 5.82 Å². The molecule has 0 aliphatic heterocycles. The van der Waals surface area contributed by atoms with Crippen LogP contribution in [0.3, 0.4) is 0 Å². The number of aromatic amines is 1. The van der Waals surface area contributed by atoms with Gasteiger partial charge >= 0.3 is 0 Å². The largest absolute Gasteiger partial charge is 0.346 e. The molecule has 1 unspecified atom stereocenters. The highest BCUT2D eigenvalue weighted by Crippen LogP contribution is 2.17. The Bertz CT molecular complexity index is 628. The van der Waals surface area contributed by atoms with Crippen LogP contribution in [0.5, 0.6) is 0 Å². The van der Waals surface area contributed by atoms with E-state index in [0.29, 0.717) is 6.42 Å². The molecule has 2 aromatic rings. The highest BCUT2D eigenvalue weighted by atomic mass is 16.1. The summed E-state index contributed by atoms with van der Waals surface area (Å²) < 4.78 is 0. The van der Waals surface area contributed by atoms with Crippen molar-refractivity contribution in [2.24, 2.45) is 0 Å². The number of hydrogen-bond acceptors (Lipinski definition) is 2. The van der Waals surface area contributed by atoms with Gasteiger partial charge in [0.15, 0.2) is 0 Å². The lowest BCUT2D eigenvalue weighted by Crippen LogP contribution is -2.26. The van der Waals surface area contributed by atoms with E-state index in [1.807, 2.05) is 45.1 Å². The number of aryl methyl sites for hydroxylation is 1. The molecule has 0 aliphatic rings. The Balaban J connectivity index is 2.05. The third-order valence-corrected chi connectivity index (χ3v) is 3.15. The molecule has 0 radical (unpaired) electrons. The van der Waals surface area contributed by atoms with Crippen molar-refractivity contribution in [2.45, 2.75) is 39.7 Å². The fraction of sp³-hybridized carbons (Fsp3) is 0.375. The molecule has 106 valence electrons. The molecule has 1 aromatic carbocycles. The van der Waals surface area contributed by atoms with Gasteiger partial charge in [-0.25, -0.2) is 4.98 Å². The van der Waals surface area contributed by atoms with Crippen LogP contribution in [-0.2, 0) is 4.79 Å². The van der Waals surface area contributed by atoms with E-state index in [-0.39, 0.29) is 11.9 Å². The first-order chi connectivity index (χ1) is 9.60. The van der Waals surface area contributed by atoms with Gasteiger partial charge in [0.05, 0.1) is 17.1 Å². The van der Waals surface area contributed by atoms with Gasteiger partial charge in [0.2, 0.25) is 5.91 Å². The van der Waals surface area contributed by atoms with Crippen LogP contribution in [0.1, 0.15) is 44.1 Å². The van der Waals surface area contributed by atoms with Gasteiger partial charge in [-0.3, -0.25) is 4.79 Å². The zero-order valence-electron chi connectivity index (χ0n) is 12.2. The number of fused-ring (bicyclic) bond motifs is 1. The van der Waals surface area contributed by atoms with Gasteiger partial charge in [0.25, 0.3) is 0 Å². The maximum absolute atomic E-state index is 11.8. The minimum Gasteiger partial charge on any atom is -0.346 e. The van der Waals surface area contributed by atoms with Crippen molar-refractivity contribution in [2.75, 3.05) is 0 Å². The van der Waals surface area contributed by atoms with Crippen LogP contribution in [0.2, 0.25) is 0 Å². The molecule has 0 spiro atoms. The number of rotatable bonds is 5. The van der Waals surface area contributed by atoms with Crippen LogP contribution in [0.4, 0.5) is 0 Å². The summed E-state index contributed by atoms with van der Waals surface area (Å²) in [6.07, 6.45) is 5.25. The Kier molecular flexibility index (Phi) is 4.56. The van der Waals surface area contributed by atoms with E-state index < -0.39 is 0 Å². The van der Waals surface area contributed by atoms with Gasteiger partial charge in [-0.1, -0.05) is 25.1 Å². The highest BCUT2D eigenvalue weighted by Gasteiger charge is 2.12. The summed E-state index contributed by atoms with van der Waals surface area (Å²) in [5.74, 6) is 0.803. The summed E-state index contributed by atoms with van der Waals surface area (Å²) >= 11 is 0. The Morgan fingerprint density at radius 3 is 3.00 bits per heavy atom. The number of hydrogen-bond donors (Lipinski definition) is 2. The van der Waals surface area contributed by atoms with E-state index in [0.717, 1.165) is 23.3 Å². The number of imidazole rings is 1. The molecule has 0 saturated carbocycles. The average molecular weight is 271 g/mol. The number of benzene rings is 1. The summed E-state index contributed by atoms with van der Waals surface area (Å²) in [4.78, 5) is 19.5. The van der Waals surface area contributed by atoms with E-state index in [1.165, 1.54) is 5.56 Å². The lowest BCUT2D eigenvalue weighted by molar-refractivity contribution is -0.120. The molecule has 0 fully saturated rings. The van der Waals surface area contributed by atoms with Crippen molar-refractivity contribution in [3.63, 3.8) is 0 Å². The number of H-pyrrole nitrogens is 1. The van der Waals surface area contributed by atoms with Gasteiger partial charge in [-0.15, -0.1) is 0 Å². The second-order valence-electron chi connectivity index (χ2n) is 5.02. The molecule has 2 N–H and O–H groups in total. The molecule has 0 saturated heterocycles. The summed E-state index contributed by atoms with van der Waals surface area (Å²) in [5, 5.41) is 2.95. The monoisotopic (exact) mass is 271 g/mol. The van der Waals surface area contributed by atoms with Crippen molar-refractivity contribution in [3.8, 4) is 0 Å². The van der Waals surface area contributed by atoms with E-state index >= 15 is 0 Å². The quantitative estimate of drug-likeness (QED) is 0.819. The summed E-state index contributed by atoms with van der Waals surface area (Å²) in [6.45, 7) is 6.03. The van der Waals surface area contributed by atoms with Crippen molar-refractivity contribution < 1.29 is 4.79 Å². The van der Waals surface area contributed by atoms with Crippen LogP contribution in [0.15, 0.2) is 30.4 Å². The Morgan fingerprint density at radius 2 is 2.25 bits per heavy atom. The molecule has 1 amide bonds. The third kappa shape index (κ3) is 3.47. The molecule has 1 atom stereocenters. The maximum Gasteiger partial charge on any atom is 0.224 e. The van der Waals surface area contributed by atoms with Gasteiger partial charge in [-0.2, -0.15) is 0 Å². The molecule has 4 nitrogen and oxygen atoms in total. The summed E-state index contributed by atoms with van der Waals surface area (Å²) in [5.41, 5.74) is 3.12. The van der Waals surface area contributed by atoms with Crippen LogP contribution in [0, 0.1) is 6.92 Å². The topological polar surface area (TPSA) is 57.8 Å². The first-order valence-electron chi connectivity index (χ1n) is 7.00. The summed E-state index contributed by atoms with van der Waals surface area (Å²) in [7, 11) is 0. The Morgan fingerprint density at radius 1 is 1.45 bits per heavy atom. The van der Waals surface area contributed by atoms with Gasteiger partial charge < -0.3 is 10.3 Å². The predicted octanol–water partition coefficient (Wildman–Crippen LogP) is 3.40. The van der Waals surface area contributed by atoms with Crippen molar-refractivity contribution in [3.05, 3.63) is 41.7 Å². The normalized spacial score (nSPS) is 12.9. The Hall–Kier alpha value is -2.10. The molecule has 0 aliphatic carbocycles. The number of carbonyl (C=O) groups is 1. The van der Waals surface area contributed by atoms with Gasteiger partial charge in [0, 0.05) is 6.42 Å². The second kappa shape index (κ2) is 6.37. The molecule has 0 bridgehead atoms. The lowest BCUT2D eigenvalue weighted by atomic mass is 10.2. The van der Waals surface area contributed by atoms with E-state index in [9.17, 15) is 4.79 Å². The van der Waals surface area contributed by atoms with E-state index in [2.05, 4.69) is 21.4 Å². The SMILES string of the molecule is CC/C=C/CC(=O)NC(C)c1nc2ccc(C)cc2[nH]1. The van der Waals surface area contributed by atoms with Crippen molar-refractivity contribution in [1.82, 2.24) is 15.3 Å². The second-order valence-corrected chi connectivity index (χ2v) is 5.02. The smallest absolute Gasteiger partial charge is 0.224 e. The third-order valence-electron chi connectivity index (χ3n) is 3.15. The van der Waals surface area contributed by atoms with Crippen molar-refractivity contribution >= 4 is 16.9 Å². The molecule has 1 heterocycles. The van der Waals surface area contributed by atoms with Gasteiger partial charge in [-0.05, 0) is 38.0 Å². The number of allylic oxidation sites excluding steroid dienone is 1. The van der Waals surface area contributed by atoms with Crippen LogP contribution >= 0.6 is 0 Å². The molecular weight excluding hydrogens is 250 g/mol. The fourth-order valence-electron chi connectivity index (χ4n) is 2.07.